The zero-order chi connectivity index (χ0) is 61.7. The number of amides is 2. The van der Waals surface area contributed by atoms with Gasteiger partial charge in [0.2, 0.25) is 13.2 Å². The molecule has 1 aromatic carbocycles. The van der Waals surface area contributed by atoms with Gasteiger partial charge in [-0.1, -0.05) is 71.1 Å². The van der Waals surface area contributed by atoms with Gasteiger partial charge in [-0.05, 0) is 131 Å². The van der Waals surface area contributed by atoms with Crippen LogP contribution in [0.3, 0.4) is 0 Å². The van der Waals surface area contributed by atoms with Crippen molar-refractivity contribution in [1.29, 1.82) is 0 Å². The third kappa shape index (κ3) is 18.7. The number of methoxy groups -OCH3 is 3. The van der Waals surface area contributed by atoms with E-state index in [9.17, 15) is 62.8 Å². The van der Waals surface area contributed by atoms with Gasteiger partial charge in [0.25, 0.3) is 11.7 Å². The molecule has 1 unspecified atom stereocenters. The number of aliphatic hydroxyl groups excluding tert-OH is 1. The van der Waals surface area contributed by atoms with Crippen molar-refractivity contribution in [2.24, 2.45) is 35.5 Å². The molecule has 21 nitrogen and oxygen atoms in total. The Labute approximate surface area is 488 Å². The molecule has 0 radical (unpaired) electrons. The standard InChI is InChI=1S/C60H90N2O19P2/c1-36-17-13-12-14-18-37(2)50(76-9)33-45-24-20-42(7)60(70,81-45)56(66)57(67)62-28-16-15-19-47(62)58(68)79-51(34-48(63)38(3)30-41(6)54(65)55(78-11)53(64)40(5)29-36)39(4)31-43-21-27-49(52(32-43)77-10)80-59(69)61(8)44-22-25-46(26-23-44)82(71,72)35-83(73,74)75/h12-14,17-18,22-23,25-26,30,36,38-40,42-43,45,47,49-52,54-55,65,70H,15-16,19-21,24,27-29,31-35H2,1-11H3,(H,71,72)(H2,73,74,75)/b14-12+,17-13-,37-18+,41-30+/t36-,38-,39-,40-,42-,43-,45+,47+,49-,50+,51+,52-,54-,55+,60-/m1/s1. The summed E-state index contributed by atoms with van der Waals surface area (Å²) in [6.07, 6.45) is 8.31. The second-order valence-electron chi connectivity index (χ2n) is 23.5. The smallest absolute Gasteiger partial charge is 0.414 e. The van der Waals surface area contributed by atoms with Crippen LogP contribution in [0, 0.1) is 35.5 Å². The SMILES string of the molecule is CO[C@H]1C[C@@H]2CC[C@@H](C)[C@@](O)(O2)C(=O)C(=O)N2CCCC[C@H]2C(=O)O[C@H]([C@H](C)C[C@H]2CC[C@@H](OC(=O)N(C)c3ccc(P(=O)(O)CP(=O)(O)O)cc3)[C@H](OC)C2)CC(=O)[C@H](C)/C=C(\C)[C@@H](O)[C@@H](OC)C(=O)[C@H](C)C[C@H](C)\C=C/C=C/C=C/1C. The normalized spacial score (nSPS) is 35.1. The number of esters is 1. The first-order chi connectivity index (χ1) is 38.9. The number of cyclic esters (lactones) is 1. The first-order valence-corrected chi connectivity index (χ1v) is 32.5. The maximum atomic E-state index is 14.7. The van der Waals surface area contributed by atoms with Crippen LogP contribution in [0.25, 0.3) is 0 Å². The van der Waals surface area contributed by atoms with E-state index in [4.69, 9.17) is 28.4 Å². The van der Waals surface area contributed by atoms with Crippen LogP contribution < -0.4 is 10.2 Å². The Kier molecular flexibility index (Phi) is 25.6. The van der Waals surface area contributed by atoms with Gasteiger partial charge in [-0.25, -0.2) is 9.59 Å². The average Bonchev–Trinajstić information content (AvgIpc) is 3.39. The molecule has 464 valence electrons. The third-order valence-corrected chi connectivity index (χ3v) is 21.1. The van der Waals surface area contributed by atoms with Crippen molar-refractivity contribution in [3.05, 3.63) is 71.9 Å². The number of ketones is 3. The summed E-state index contributed by atoms with van der Waals surface area (Å²) in [6, 6.07) is 3.90. The summed E-state index contributed by atoms with van der Waals surface area (Å²) in [6.45, 7) is 12.4. The molecule has 3 aliphatic heterocycles. The van der Waals surface area contributed by atoms with Gasteiger partial charge in [0.15, 0.2) is 5.78 Å². The zero-order valence-corrected chi connectivity index (χ0v) is 51.8. The van der Waals surface area contributed by atoms with Gasteiger partial charge in [0.05, 0.1) is 18.3 Å². The zero-order valence-electron chi connectivity index (χ0n) is 50.0. The molecule has 3 heterocycles. The van der Waals surface area contributed by atoms with Crippen molar-refractivity contribution in [2.75, 3.05) is 45.7 Å². The van der Waals surface area contributed by atoms with E-state index in [-0.39, 0.29) is 60.2 Å². The quantitative estimate of drug-likeness (QED) is 0.0620. The number of carbonyl (C=O) groups excluding carboxylic acids is 6. The van der Waals surface area contributed by atoms with E-state index in [1.807, 2.05) is 51.2 Å². The lowest BCUT2D eigenvalue weighted by atomic mass is 9.78. The second kappa shape index (κ2) is 30.7. The van der Waals surface area contributed by atoms with Crippen molar-refractivity contribution in [2.45, 2.75) is 180 Å². The van der Waals surface area contributed by atoms with Gasteiger partial charge in [-0.15, -0.1) is 0 Å². The van der Waals surface area contributed by atoms with E-state index in [2.05, 4.69) is 0 Å². The first kappa shape index (κ1) is 69.3. The molecule has 1 aromatic rings. The summed E-state index contributed by atoms with van der Waals surface area (Å²) in [5.41, 5.74) is 1.45. The molecule has 3 fully saturated rings. The highest BCUT2D eigenvalue weighted by Crippen LogP contribution is 2.54. The van der Waals surface area contributed by atoms with E-state index in [0.29, 0.717) is 63.4 Å². The summed E-state index contributed by atoms with van der Waals surface area (Å²) in [5, 5.41) is 23.4. The van der Waals surface area contributed by atoms with Gasteiger partial charge in [-0.3, -0.25) is 33.2 Å². The monoisotopic (exact) mass is 1200 g/mol. The van der Waals surface area contributed by atoms with E-state index in [1.54, 1.807) is 40.9 Å². The summed E-state index contributed by atoms with van der Waals surface area (Å²) in [5.74, 6) is -10.2. The maximum absolute atomic E-state index is 14.7. The highest BCUT2D eigenvalue weighted by Gasteiger charge is 2.53. The Hall–Kier alpha value is -4.50. The first-order valence-electron chi connectivity index (χ1n) is 28.8. The molecule has 5 N–H and O–H groups in total. The van der Waals surface area contributed by atoms with Crippen LogP contribution in [0.1, 0.15) is 126 Å². The van der Waals surface area contributed by atoms with Crippen LogP contribution in [0.2, 0.25) is 0 Å². The van der Waals surface area contributed by atoms with Crippen LogP contribution in [-0.4, -0.2) is 160 Å². The Morgan fingerprint density at radius 2 is 1.53 bits per heavy atom. The van der Waals surface area contributed by atoms with Crippen LogP contribution in [0.15, 0.2) is 71.9 Å². The number of piperidine rings is 1. The lowest BCUT2D eigenvalue weighted by molar-refractivity contribution is -0.265. The highest BCUT2D eigenvalue weighted by molar-refractivity contribution is 7.77. The fourth-order valence-corrected chi connectivity index (χ4v) is 15.1. The Bertz CT molecular complexity index is 2650. The molecule has 4 aliphatic rings. The number of allylic oxidation sites excluding steroid dienone is 6. The fourth-order valence-electron chi connectivity index (χ4n) is 11.8. The number of anilines is 1. The minimum atomic E-state index is -4.81. The lowest BCUT2D eigenvalue weighted by Gasteiger charge is -2.42. The number of rotatable bonds is 11. The Balaban J connectivity index is 1.41. The molecular weight excluding hydrogens is 1110 g/mol. The molecule has 2 bridgehead atoms. The van der Waals surface area contributed by atoms with Gasteiger partial charge >= 0.3 is 19.7 Å². The van der Waals surface area contributed by atoms with E-state index in [0.717, 1.165) is 10.5 Å². The number of fused-ring (bicyclic) bond motifs is 3. The molecule has 2 saturated heterocycles. The van der Waals surface area contributed by atoms with Gasteiger partial charge in [0, 0.05) is 76.5 Å². The van der Waals surface area contributed by atoms with Crippen LogP contribution in [-0.2, 0) is 61.5 Å². The largest absolute Gasteiger partial charge is 0.460 e. The molecule has 2 amide bonds. The summed E-state index contributed by atoms with van der Waals surface area (Å²) in [7, 11) is -3.38. The number of hydrogen-bond donors (Lipinski definition) is 5. The third-order valence-electron chi connectivity index (χ3n) is 17.0. The minimum absolute atomic E-state index is 0.0188. The number of hydrogen-bond acceptors (Lipinski definition) is 16. The van der Waals surface area contributed by atoms with Crippen LogP contribution >= 0.6 is 15.0 Å². The van der Waals surface area contributed by atoms with E-state index < -0.39 is 123 Å². The molecule has 0 aromatic heterocycles. The van der Waals surface area contributed by atoms with Crippen molar-refractivity contribution >= 4 is 61.3 Å². The Morgan fingerprint density at radius 3 is 2.17 bits per heavy atom. The van der Waals surface area contributed by atoms with Crippen LogP contribution in [0.4, 0.5) is 10.5 Å². The van der Waals surface area contributed by atoms with Crippen molar-refractivity contribution in [1.82, 2.24) is 4.90 Å². The van der Waals surface area contributed by atoms with Gasteiger partial charge < -0.3 is 58.2 Å². The van der Waals surface area contributed by atoms with Crippen molar-refractivity contribution in [3.63, 3.8) is 0 Å². The molecule has 16 atom stereocenters. The fraction of sp³-hybridized carbons (Fsp3) is 0.667. The Morgan fingerprint density at radius 1 is 0.843 bits per heavy atom. The van der Waals surface area contributed by atoms with Gasteiger partial charge in [-0.2, -0.15) is 0 Å². The lowest BCUT2D eigenvalue weighted by Crippen LogP contribution is -2.61. The number of aliphatic hydroxyl groups is 2. The van der Waals surface area contributed by atoms with E-state index >= 15 is 0 Å². The minimum Gasteiger partial charge on any atom is -0.460 e. The predicted molar refractivity (Wildman–Crippen MR) is 311 cm³/mol. The number of ether oxygens (including phenoxy) is 6. The molecule has 1 aliphatic carbocycles. The van der Waals surface area contributed by atoms with Gasteiger partial charge in [0.1, 0.15) is 42.1 Å². The summed E-state index contributed by atoms with van der Waals surface area (Å²) < 4.78 is 59.9. The van der Waals surface area contributed by atoms with Crippen molar-refractivity contribution < 1.29 is 91.2 Å². The number of Topliss-reactive ketones (excluding diaryl/α,β-unsaturated/α-hetero) is 3. The highest BCUT2D eigenvalue weighted by atomic mass is 31.2. The van der Waals surface area contributed by atoms with Crippen LogP contribution in [0.5, 0.6) is 0 Å². The molecular formula is C60H90N2O19P2. The summed E-state index contributed by atoms with van der Waals surface area (Å²) >= 11 is 0. The average molecular weight is 1210 g/mol. The number of carbonyl (C=O) groups is 6. The number of nitrogens with zero attached hydrogens (tertiary/aromatic N) is 2. The second-order valence-corrected chi connectivity index (χ2v) is 27.9. The molecule has 1 saturated carbocycles. The molecule has 83 heavy (non-hydrogen) atoms. The molecule has 0 spiro atoms. The maximum Gasteiger partial charge on any atom is 0.414 e. The van der Waals surface area contributed by atoms with E-state index in [1.165, 1.54) is 50.4 Å². The predicted octanol–water partition coefficient (Wildman–Crippen LogP) is 7.49. The molecule has 23 heteroatoms. The van der Waals surface area contributed by atoms with Crippen molar-refractivity contribution in [3.8, 4) is 0 Å². The molecule has 5 rings (SSSR count). The number of benzene rings is 1. The topological polar surface area (TPSA) is 300 Å². The summed E-state index contributed by atoms with van der Waals surface area (Å²) in [4.78, 5) is 116.